The third kappa shape index (κ3) is 4.83. The topological polar surface area (TPSA) is 108 Å². The quantitative estimate of drug-likeness (QED) is 0.206. The van der Waals surface area contributed by atoms with E-state index in [0.717, 1.165) is 5.01 Å². The van der Waals surface area contributed by atoms with E-state index in [-0.39, 0.29) is 6.61 Å². The van der Waals surface area contributed by atoms with E-state index in [1.165, 1.54) is 0 Å². The van der Waals surface area contributed by atoms with E-state index < -0.39 is 18.0 Å². The first-order chi connectivity index (χ1) is 14.5. The Morgan fingerprint density at radius 3 is 2.40 bits per heavy atom. The number of hydrogen-bond donors (Lipinski definition) is 2. The van der Waals surface area contributed by atoms with Crippen LogP contribution < -0.4 is 16.3 Å². The van der Waals surface area contributed by atoms with Gasteiger partial charge in [0.2, 0.25) is 0 Å². The zero-order chi connectivity index (χ0) is 21.5. The number of carbonyl (C=O) groups is 2. The van der Waals surface area contributed by atoms with Gasteiger partial charge in [-0.2, -0.15) is 0 Å². The number of methoxy groups -OCH3 is 1. The van der Waals surface area contributed by atoms with Crippen LogP contribution in [0.5, 0.6) is 5.75 Å². The highest BCUT2D eigenvalue weighted by molar-refractivity contribution is 5.95. The molecule has 1 unspecified atom stereocenters. The molecule has 0 aliphatic rings. The molecule has 1 atom stereocenters. The molecule has 3 rings (SSSR count). The van der Waals surface area contributed by atoms with E-state index in [1.807, 2.05) is 6.07 Å². The molecule has 0 fully saturated rings. The standard InChI is InChI=1S/C23H23N3O4/c1-29-19-12-7-11-17(14-19)21(24)26(25)22(27)20-13-6-5-10-18(20)15-30-23(28)16-8-3-2-4-9-16/h2-14,21H,15,24-25H2,1H3. The van der Waals surface area contributed by atoms with Crippen LogP contribution in [0.4, 0.5) is 0 Å². The van der Waals surface area contributed by atoms with Crippen LogP contribution in [0.15, 0.2) is 78.9 Å². The SMILES string of the molecule is COc1cccc(C(N)N(N)C(=O)c2ccccc2COC(=O)c2ccccc2)c1. The maximum atomic E-state index is 13.0. The Bertz CT molecular complexity index is 1020. The van der Waals surface area contributed by atoms with E-state index in [0.29, 0.717) is 28.0 Å². The molecule has 154 valence electrons. The Labute approximate surface area is 174 Å². The first-order valence-electron chi connectivity index (χ1n) is 9.29. The fourth-order valence-electron chi connectivity index (χ4n) is 2.91. The molecule has 0 heterocycles. The molecule has 7 heteroatoms. The summed E-state index contributed by atoms with van der Waals surface area (Å²) < 4.78 is 10.6. The minimum atomic E-state index is -0.882. The molecule has 0 spiro atoms. The van der Waals surface area contributed by atoms with Crippen molar-refractivity contribution < 1.29 is 19.1 Å². The van der Waals surface area contributed by atoms with Crippen molar-refractivity contribution in [2.75, 3.05) is 7.11 Å². The van der Waals surface area contributed by atoms with Gasteiger partial charge in [-0.3, -0.25) is 9.80 Å². The summed E-state index contributed by atoms with van der Waals surface area (Å²) in [6.45, 7) is -0.0715. The monoisotopic (exact) mass is 405 g/mol. The maximum absolute atomic E-state index is 13.0. The van der Waals surface area contributed by atoms with Gasteiger partial charge in [-0.15, -0.1) is 0 Å². The Kier molecular flexibility index (Phi) is 6.79. The fourth-order valence-corrected chi connectivity index (χ4v) is 2.91. The number of esters is 1. The van der Waals surface area contributed by atoms with Gasteiger partial charge in [-0.25, -0.2) is 10.6 Å². The first-order valence-corrected chi connectivity index (χ1v) is 9.29. The highest BCUT2D eigenvalue weighted by Crippen LogP contribution is 2.21. The van der Waals surface area contributed by atoms with Gasteiger partial charge in [0.1, 0.15) is 18.5 Å². The molecule has 0 radical (unpaired) electrons. The summed E-state index contributed by atoms with van der Waals surface area (Å²) in [6, 6.07) is 22.4. The number of rotatable bonds is 7. The Hall–Kier alpha value is -3.68. The summed E-state index contributed by atoms with van der Waals surface area (Å²) >= 11 is 0. The zero-order valence-electron chi connectivity index (χ0n) is 16.5. The number of carbonyl (C=O) groups excluding carboxylic acids is 2. The molecule has 4 N–H and O–H groups in total. The second-order valence-electron chi connectivity index (χ2n) is 6.53. The van der Waals surface area contributed by atoms with Crippen molar-refractivity contribution in [3.05, 3.63) is 101 Å². The number of nitrogens with two attached hydrogens (primary N) is 2. The minimum Gasteiger partial charge on any atom is -0.497 e. The van der Waals surface area contributed by atoms with Crippen molar-refractivity contribution in [3.63, 3.8) is 0 Å². The molecule has 0 aliphatic carbocycles. The average molecular weight is 405 g/mol. The number of hydrogen-bond acceptors (Lipinski definition) is 6. The van der Waals surface area contributed by atoms with Crippen LogP contribution in [0, 0.1) is 0 Å². The lowest BCUT2D eigenvalue weighted by Crippen LogP contribution is -2.44. The van der Waals surface area contributed by atoms with E-state index >= 15 is 0 Å². The summed E-state index contributed by atoms with van der Waals surface area (Å²) in [5.41, 5.74) is 8.08. The first kappa shape index (κ1) is 21.0. The molecule has 3 aromatic rings. The highest BCUT2D eigenvalue weighted by Gasteiger charge is 2.23. The molecule has 0 bridgehead atoms. The van der Waals surface area contributed by atoms with Gasteiger partial charge >= 0.3 is 5.97 Å². The third-order valence-electron chi connectivity index (χ3n) is 4.59. The second-order valence-corrected chi connectivity index (χ2v) is 6.53. The summed E-state index contributed by atoms with van der Waals surface area (Å²) in [4.78, 5) is 25.2. The predicted octanol–water partition coefficient (Wildman–Crippen LogP) is 3.03. The van der Waals surface area contributed by atoms with Gasteiger partial charge in [0.25, 0.3) is 5.91 Å². The number of amides is 1. The lowest BCUT2D eigenvalue weighted by Gasteiger charge is -2.25. The van der Waals surface area contributed by atoms with Crippen molar-refractivity contribution in [1.29, 1.82) is 0 Å². The minimum absolute atomic E-state index is 0.0715. The molecule has 0 saturated heterocycles. The zero-order valence-corrected chi connectivity index (χ0v) is 16.5. The fraction of sp³-hybridized carbons (Fsp3) is 0.130. The van der Waals surface area contributed by atoms with E-state index in [2.05, 4.69) is 0 Å². The van der Waals surface area contributed by atoms with E-state index in [4.69, 9.17) is 21.1 Å². The predicted molar refractivity (Wildman–Crippen MR) is 112 cm³/mol. The van der Waals surface area contributed by atoms with Crippen LogP contribution in [0.25, 0.3) is 0 Å². The van der Waals surface area contributed by atoms with Crippen molar-refractivity contribution >= 4 is 11.9 Å². The van der Waals surface area contributed by atoms with Crippen molar-refractivity contribution in [1.82, 2.24) is 5.01 Å². The normalized spacial score (nSPS) is 11.4. The van der Waals surface area contributed by atoms with Gasteiger partial charge in [0.05, 0.1) is 12.7 Å². The van der Waals surface area contributed by atoms with E-state index in [9.17, 15) is 9.59 Å². The molecule has 0 saturated carbocycles. The smallest absolute Gasteiger partial charge is 0.338 e. The molecule has 1 amide bonds. The number of ether oxygens (including phenoxy) is 2. The van der Waals surface area contributed by atoms with Crippen LogP contribution in [0.3, 0.4) is 0 Å². The average Bonchev–Trinajstić information content (AvgIpc) is 2.81. The summed E-state index contributed by atoms with van der Waals surface area (Å²) in [7, 11) is 1.54. The molecule has 7 nitrogen and oxygen atoms in total. The number of hydrazine groups is 1. The molecule has 0 aromatic heterocycles. The molecule has 30 heavy (non-hydrogen) atoms. The van der Waals surface area contributed by atoms with Gasteiger partial charge in [-0.05, 0) is 35.9 Å². The van der Waals surface area contributed by atoms with Crippen LogP contribution in [-0.2, 0) is 11.3 Å². The van der Waals surface area contributed by atoms with E-state index in [1.54, 1.807) is 79.9 Å². The summed E-state index contributed by atoms with van der Waals surface area (Å²) in [6.07, 6.45) is -0.882. The lowest BCUT2D eigenvalue weighted by molar-refractivity contribution is 0.0466. The maximum Gasteiger partial charge on any atom is 0.338 e. The highest BCUT2D eigenvalue weighted by atomic mass is 16.5. The molecule has 0 aliphatic heterocycles. The molecule has 3 aromatic carbocycles. The van der Waals surface area contributed by atoms with Crippen LogP contribution in [-0.4, -0.2) is 24.0 Å². The molecular formula is C23H23N3O4. The second kappa shape index (κ2) is 9.69. The van der Waals surface area contributed by atoms with Gasteiger partial charge in [0.15, 0.2) is 0 Å². The summed E-state index contributed by atoms with van der Waals surface area (Å²) in [5, 5.41) is 0.951. The van der Waals surface area contributed by atoms with Gasteiger partial charge in [0, 0.05) is 11.1 Å². The number of benzene rings is 3. The number of nitrogens with zero attached hydrogens (tertiary/aromatic N) is 1. The Balaban J connectivity index is 1.75. The molecular weight excluding hydrogens is 382 g/mol. The summed E-state index contributed by atoms with van der Waals surface area (Å²) in [5.74, 6) is 5.69. The lowest BCUT2D eigenvalue weighted by atomic mass is 10.1. The van der Waals surface area contributed by atoms with Crippen LogP contribution in [0.2, 0.25) is 0 Å². The van der Waals surface area contributed by atoms with Crippen molar-refractivity contribution in [2.24, 2.45) is 11.6 Å². The van der Waals surface area contributed by atoms with Gasteiger partial charge < -0.3 is 15.2 Å². The Morgan fingerprint density at radius 1 is 0.967 bits per heavy atom. The van der Waals surface area contributed by atoms with Crippen LogP contribution >= 0.6 is 0 Å². The van der Waals surface area contributed by atoms with Crippen LogP contribution in [0.1, 0.15) is 38.0 Å². The van der Waals surface area contributed by atoms with Crippen molar-refractivity contribution in [3.8, 4) is 5.75 Å². The Morgan fingerprint density at radius 2 is 1.67 bits per heavy atom. The third-order valence-corrected chi connectivity index (χ3v) is 4.59. The van der Waals surface area contributed by atoms with Gasteiger partial charge in [-0.1, -0.05) is 48.5 Å². The largest absolute Gasteiger partial charge is 0.497 e. The van der Waals surface area contributed by atoms with Crippen molar-refractivity contribution in [2.45, 2.75) is 12.8 Å².